The molecule has 248 valence electrons. The average Bonchev–Trinajstić information content (AvgIpc) is 2.94. The van der Waals surface area contributed by atoms with Gasteiger partial charge in [0.05, 0.1) is 13.2 Å². The molecule has 0 aliphatic rings. The Balaban J connectivity index is 4.67. The first kappa shape index (κ1) is 40.8. The highest BCUT2D eigenvalue weighted by molar-refractivity contribution is 4.93. The van der Waals surface area contributed by atoms with E-state index < -0.39 is 0 Å². The first-order chi connectivity index (χ1) is 19.8. The number of unbranched alkanes of at least 4 members (excludes halogenated alkanes) is 18. The van der Waals surface area contributed by atoms with Crippen LogP contribution in [0.3, 0.4) is 0 Å². The fourth-order valence-electron chi connectivity index (χ4n) is 6.54. The van der Waals surface area contributed by atoms with Gasteiger partial charge in [-0.25, -0.2) is 0 Å². The van der Waals surface area contributed by atoms with E-state index in [2.05, 4.69) is 65.7 Å². The van der Waals surface area contributed by atoms with E-state index in [0.717, 1.165) is 39.3 Å². The minimum absolute atomic E-state index is 0.0128. The van der Waals surface area contributed by atoms with Crippen molar-refractivity contribution < 1.29 is 9.47 Å². The number of rotatable bonds is 32. The SMILES string of the molecule is CCCCCCCCCCCCOCC(COCCCCCCCCCCCC)(CC(C)N(C)C)C(CC)N(C)C. The molecule has 0 saturated heterocycles. The molecule has 41 heavy (non-hydrogen) atoms. The van der Waals surface area contributed by atoms with Gasteiger partial charge in [0, 0.05) is 30.7 Å². The largest absolute Gasteiger partial charge is 0.381 e. The van der Waals surface area contributed by atoms with Crippen LogP contribution in [0.1, 0.15) is 169 Å². The van der Waals surface area contributed by atoms with E-state index in [9.17, 15) is 0 Å². The molecule has 0 aromatic rings. The molecule has 0 aliphatic carbocycles. The number of nitrogens with zero attached hydrogens (tertiary/aromatic N) is 2. The summed E-state index contributed by atoms with van der Waals surface area (Å²) in [6.07, 6.45) is 29.6. The number of hydrogen-bond donors (Lipinski definition) is 0. The predicted molar refractivity (Wildman–Crippen MR) is 183 cm³/mol. The molecule has 0 aromatic carbocycles. The van der Waals surface area contributed by atoms with Gasteiger partial charge in [-0.1, -0.05) is 136 Å². The fourth-order valence-corrected chi connectivity index (χ4v) is 6.54. The average molecular weight is 583 g/mol. The lowest BCUT2D eigenvalue weighted by atomic mass is 9.74. The van der Waals surface area contributed by atoms with Gasteiger partial charge >= 0.3 is 0 Å². The maximum atomic E-state index is 6.52. The Morgan fingerprint density at radius 2 is 0.829 bits per heavy atom. The molecule has 0 amide bonds. The van der Waals surface area contributed by atoms with Crippen molar-refractivity contribution in [3.8, 4) is 0 Å². The summed E-state index contributed by atoms with van der Waals surface area (Å²) >= 11 is 0. The Hall–Kier alpha value is -0.160. The van der Waals surface area contributed by atoms with Crippen LogP contribution in [0.4, 0.5) is 0 Å². The monoisotopic (exact) mass is 583 g/mol. The molecule has 0 bridgehead atoms. The summed E-state index contributed by atoms with van der Waals surface area (Å²) < 4.78 is 13.0. The normalized spacial score (nSPS) is 13.9. The van der Waals surface area contributed by atoms with Crippen molar-refractivity contribution in [1.82, 2.24) is 9.80 Å². The van der Waals surface area contributed by atoms with Crippen molar-refractivity contribution in [3.05, 3.63) is 0 Å². The van der Waals surface area contributed by atoms with Gasteiger partial charge in [0.2, 0.25) is 0 Å². The standard InChI is InChI=1S/C37H78N2O2/c1-9-12-14-16-18-20-22-24-26-28-30-40-33-37(32-35(4)38(5)6,36(11-3)39(7)8)34-41-31-29-27-25-23-21-19-17-15-13-10-2/h35-36H,9-34H2,1-8H3. The highest BCUT2D eigenvalue weighted by Crippen LogP contribution is 2.35. The second-order valence-corrected chi connectivity index (χ2v) is 13.7. The van der Waals surface area contributed by atoms with Gasteiger partial charge in [-0.2, -0.15) is 0 Å². The van der Waals surface area contributed by atoms with Gasteiger partial charge in [0.1, 0.15) is 0 Å². The summed E-state index contributed by atoms with van der Waals surface area (Å²) in [6, 6.07) is 0.941. The third-order valence-corrected chi connectivity index (χ3v) is 9.36. The first-order valence-electron chi connectivity index (χ1n) is 18.3. The molecule has 4 heteroatoms. The molecule has 0 heterocycles. The Kier molecular flexibility index (Phi) is 28.5. The zero-order chi connectivity index (χ0) is 30.6. The lowest BCUT2D eigenvalue weighted by molar-refractivity contribution is -0.0786. The molecular weight excluding hydrogens is 504 g/mol. The zero-order valence-electron chi connectivity index (χ0n) is 29.8. The smallest absolute Gasteiger partial charge is 0.0560 e. The highest BCUT2D eigenvalue weighted by atomic mass is 16.5. The summed E-state index contributed by atoms with van der Waals surface area (Å²) in [5, 5.41) is 0. The van der Waals surface area contributed by atoms with Crippen LogP contribution in [-0.2, 0) is 9.47 Å². The Morgan fingerprint density at radius 1 is 0.488 bits per heavy atom. The molecule has 0 aliphatic heterocycles. The Morgan fingerprint density at radius 3 is 1.12 bits per heavy atom. The minimum atomic E-state index is 0.0128. The molecular formula is C37H78N2O2. The Labute approximate surface area is 260 Å². The number of hydrogen-bond acceptors (Lipinski definition) is 4. The van der Waals surface area contributed by atoms with E-state index in [0.29, 0.717) is 12.1 Å². The molecule has 0 spiro atoms. The lowest BCUT2D eigenvalue weighted by Gasteiger charge is -2.45. The topological polar surface area (TPSA) is 24.9 Å². The summed E-state index contributed by atoms with van der Waals surface area (Å²) in [4.78, 5) is 4.79. The first-order valence-corrected chi connectivity index (χ1v) is 18.3. The molecule has 0 radical (unpaired) electrons. The second kappa shape index (κ2) is 28.6. The van der Waals surface area contributed by atoms with Crippen molar-refractivity contribution >= 4 is 0 Å². The predicted octanol–water partition coefficient (Wildman–Crippen LogP) is 10.5. The molecule has 0 rings (SSSR count). The van der Waals surface area contributed by atoms with Crippen LogP contribution >= 0.6 is 0 Å². The van der Waals surface area contributed by atoms with E-state index in [1.807, 2.05) is 0 Å². The fraction of sp³-hybridized carbons (Fsp3) is 1.00. The van der Waals surface area contributed by atoms with E-state index in [-0.39, 0.29) is 5.41 Å². The van der Waals surface area contributed by atoms with E-state index in [1.54, 1.807) is 0 Å². The summed E-state index contributed by atoms with van der Waals surface area (Å²) in [6.45, 7) is 12.7. The van der Waals surface area contributed by atoms with Crippen LogP contribution in [-0.4, -0.2) is 76.5 Å². The molecule has 2 atom stereocenters. The van der Waals surface area contributed by atoms with E-state index >= 15 is 0 Å². The molecule has 0 saturated carbocycles. The molecule has 2 unspecified atom stereocenters. The van der Waals surface area contributed by atoms with Crippen molar-refractivity contribution in [2.45, 2.75) is 181 Å². The van der Waals surface area contributed by atoms with Gasteiger partial charge in [-0.3, -0.25) is 0 Å². The van der Waals surface area contributed by atoms with Crippen molar-refractivity contribution in [2.24, 2.45) is 5.41 Å². The van der Waals surface area contributed by atoms with Crippen LogP contribution in [0.25, 0.3) is 0 Å². The van der Waals surface area contributed by atoms with Crippen molar-refractivity contribution in [2.75, 3.05) is 54.6 Å². The molecule has 0 N–H and O–H groups in total. The highest BCUT2D eigenvalue weighted by Gasteiger charge is 2.41. The maximum Gasteiger partial charge on any atom is 0.0560 e. The Bertz CT molecular complexity index is 497. The van der Waals surface area contributed by atoms with Crippen molar-refractivity contribution in [3.63, 3.8) is 0 Å². The molecule has 4 nitrogen and oxygen atoms in total. The third kappa shape index (κ3) is 22.1. The van der Waals surface area contributed by atoms with Crippen LogP contribution < -0.4 is 0 Å². The summed E-state index contributed by atoms with van der Waals surface area (Å²) in [5.74, 6) is 0. The molecule has 0 aromatic heterocycles. The van der Waals surface area contributed by atoms with E-state index in [4.69, 9.17) is 9.47 Å². The summed E-state index contributed by atoms with van der Waals surface area (Å²) in [5.41, 5.74) is 0.0128. The van der Waals surface area contributed by atoms with E-state index in [1.165, 1.54) is 128 Å². The van der Waals surface area contributed by atoms with Gasteiger partial charge in [0.15, 0.2) is 0 Å². The van der Waals surface area contributed by atoms with Gasteiger partial charge in [-0.15, -0.1) is 0 Å². The summed E-state index contributed by atoms with van der Waals surface area (Å²) in [7, 11) is 8.91. The zero-order valence-corrected chi connectivity index (χ0v) is 29.8. The quantitative estimate of drug-likeness (QED) is 0.0737. The molecule has 0 fully saturated rings. The van der Waals surface area contributed by atoms with Gasteiger partial charge in [0.25, 0.3) is 0 Å². The van der Waals surface area contributed by atoms with Crippen LogP contribution in [0.5, 0.6) is 0 Å². The number of ether oxygens (including phenoxy) is 2. The van der Waals surface area contributed by atoms with Crippen molar-refractivity contribution in [1.29, 1.82) is 0 Å². The maximum absolute atomic E-state index is 6.52. The van der Waals surface area contributed by atoms with Crippen LogP contribution in [0.2, 0.25) is 0 Å². The third-order valence-electron chi connectivity index (χ3n) is 9.36. The second-order valence-electron chi connectivity index (χ2n) is 13.7. The lowest BCUT2D eigenvalue weighted by Crippen LogP contribution is -2.53. The van der Waals surface area contributed by atoms with Gasteiger partial charge in [-0.05, 0) is 60.8 Å². The van der Waals surface area contributed by atoms with Crippen LogP contribution in [0.15, 0.2) is 0 Å². The van der Waals surface area contributed by atoms with Gasteiger partial charge < -0.3 is 19.3 Å². The van der Waals surface area contributed by atoms with Crippen LogP contribution in [0, 0.1) is 5.41 Å². The minimum Gasteiger partial charge on any atom is -0.381 e.